The van der Waals surface area contributed by atoms with Gasteiger partial charge in [0.25, 0.3) is 0 Å². The van der Waals surface area contributed by atoms with Gasteiger partial charge in [0.2, 0.25) is 5.95 Å². The van der Waals surface area contributed by atoms with Gasteiger partial charge < -0.3 is 14.4 Å². The summed E-state index contributed by atoms with van der Waals surface area (Å²) in [5.41, 5.74) is 1.08. The van der Waals surface area contributed by atoms with Gasteiger partial charge in [-0.2, -0.15) is 0 Å². The first kappa shape index (κ1) is 15.7. The molecule has 3 rings (SSSR count). The molecule has 122 valence electrons. The highest BCUT2D eigenvalue weighted by Gasteiger charge is 2.21. The number of hydrogen-bond acceptors (Lipinski definition) is 5. The third-order valence-corrected chi connectivity index (χ3v) is 3.85. The van der Waals surface area contributed by atoms with Gasteiger partial charge in [-0.15, -0.1) is 0 Å². The highest BCUT2D eigenvalue weighted by molar-refractivity contribution is 5.35. The molecule has 0 N–H and O–H groups in total. The van der Waals surface area contributed by atoms with Crippen molar-refractivity contribution >= 4 is 5.95 Å². The Hall–Kier alpha value is -2.21. The molecule has 2 aromatic rings. The van der Waals surface area contributed by atoms with Gasteiger partial charge in [-0.3, -0.25) is 0 Å². The number of methoxy groups -OCH3 is 1. The van der Waals surface area contributed by atoms with Crippen LogP contribution in [0.4, 0.5) is 10.3 Å². The Kier molecular flexibility index (Phi) is 5.02. The maximum absolute atomic E-state index is 13.1. The number of benzene rings is 1. The molecule has 6 heteroatoms. The predicted octanol–water partition coefficient (Wildman–Crippen LogP) is 2.81. The lowest BCUT2D eigenvalue weighted by molar-refractivity contribution is 0.115. The summed E-state index contributed by atoms with van der Waals surface area (Å²) >= 11 is 0. The van der Waals surface area contributed by atoms with E-state index in [1.54, 1.807) is 7.11 Å². The second-order valence-corrected chi connectivity index (χ2v) is 5.57. The van der Waals surface area contributed by atoms with Crippen LogP contribution in [-0.2, 0) is 11.3 Å². The molecule has 1 aliphatic rings. The van der Waals surface area contributed by atoms with E-state index >= 15 is 0 Å². The van der Waals surface area contributed by atoms with Crippen molar-refractivity contribution in [3.05, 3.63) is 48.0 Å². The molecule has 5 nitrogen and oxygen atoms in total. The van der Waals surface area contributed by atoms with E-state index in [2.05, 4.69) is 9.97 Å². The minimum absolute atomic E-state index is 0.161. The Morgan fingerprint density at radius 1 is 1.35 bits per heavy atom. The molecular formula is C17H20FN3O2. The molecule has 0 amide bonds. The standard InChI is InChI=1S/C17H20FN3O2/c1-22-15-5-2-4-13(8-15)11-21(12-16-6-3-7-23-16)17-19-9-14(18)10-20-17/h2,4-5,8-10,16H,3,6-7,11-12H2,1H3. The normalized spacial score (nSPS) is 17.2. The van der Waals surface area contributed by atoms with Crippen LogP contribution in [0.1, 0.15) is 18.4 Å². The van der Waals surface area contributed by atoms with Gasteiger partial charge in [-0.1, -0.05) is 12.1 Å². The Labute approximate surface area is 135 Å². The number of halogens is 1. The second kappa shape index (κ2) is 7.37. The van der Waals surface area contributed by atoms with Gasteiger partial charge in [0.1, 0.15) is 5.75 Å². The summed E-state index contributed by atoms with van der Waals surface area (Å²) in [5, 5.41) is 0. The molecule has 1 atom stereocenters. The number of rotatable bonds is 6. The van der Waals surface area contributed by atoms with Gasteiger partial charge in [-0.05, 0) is 30.5 Å². The van der Waals surface area contributed by atoms with E-state index in [0.29, 0.717) is 19.0 Å². The van der Waals surface area contributed by atoms with E-state index < -0.39 is 5.82 Å². The quantitative estimate of drug-likeness (QED) is 0.820. The number of ether oxygens (including phenoxy) is 2. The zero-order valence-corrected chi connectivity index (χ0v) is 13.1. The zero-order valence-electron chi connectivity index (χ0n) is 13.1. The van der Waals surface area contributed by atoms with Crippen molar-refractivity contribution in [2.24, 2.45) is 0 Å². The lowest BCUT2D eigenvalue weighted by Gasteiger charge is -2.25. The van der Waals surface area contributed by atoms with E-state index in [4.69, 9.17) is 9.47 Å². The van der Waals surface area contributed by atoms with E-state index in [1.165, 1.54) is 12.4 Å². The van der Waals surface area contributed by atoms with Crippen molar-refractivity contribution in [2.45, 2.75) is 25.5 Å². The average molecular weight is 317 g/mol. The molecule has 0 radical (unpaired) electrons. The third-order valence-electron chi connectivity index (χ3n) is 3.85. The number of hydrogen-bond donors (Lipinski definition) is 0. The van der Waals surface area contributed by atoms with Crippen LogP contribution in [0.25, 0.3) is 0 Å². The van der Waals surface area contributed by atoms with Crippen LogP contribution in [-0.4, -0.2) is 36.3 Å². The van der Waals surface area contributed by atoms with E-state index in [9.17, 15) is 4.39 Å². The summed E-state index contributed by atoms with van der Waals surface area (Å²) in [6.45, 7) is 2.09. The molecule has 1 aromatic carbocycles. The summed E-state index contributed by atoms with van der Waals surface area (Å²) in [4.78, 5) is 10.2. The fraction of sp³-hybridized carbons (Fsp3) is 0.412. The highest BCUT2D eigenvalue weighted by Crippen LogP contribution is 2.20. The highest BCUT2D eigenvalue weighted by atomic mass is 19.1. The van der Waals surface area contributed by atoms with E-state index in [-0.39, 0.29) is 6.10 Å². The van der Waals surface area contributed by atoms with E-state index in [0.717, 1.165) is 30.8 Å². The molecule has 0 spiro atoms. The third kappa shape index (κ3) is 4.16. The number of anilines is 1. The van der Waals surface area contributed by atoms with Crippen molar-refractivity contribution in [2.75, 3.05) is 25.2 Å². The molecule has 1 fully saturated rings. The van der Waals surface area contributed by atoms with E-state index in [1.807, 2.05) is 29.2 Å². The van der Waals surface area contributed by atoms with Crippen molar-refractivity contribution in [3.8, 4) is 5.75 Å². The second-order valence-electron chi connectivity index (χ2n) is 5.57. The lowest BCUT2D eigenvalue weighted by atomic mass is 10.2. The van der Waals surface area contributed by atoms with Gasteiger partial charge in [0.05, 0.1) is 25.6 Å². The molecule has 23 heavy (non-hydrogen) atoms. The SMILES string of the molecule is COc1cccc(CN(CC2CCCO2)c2ncc(F)cn2)c1. The smallest absolute Gasteiger partial charge is 0.225 e. The van der Waals surface area contributed by atoms with Crippen molar-refractivity contribution in [1.82, 2.24) is 9.97 Å². The first-order chi connectivity index (χ1) is 11.2. The number of aromatic nitrogens is 2. The molecule has 1 saturated heterocycles. The maximum atomic E-state index is 13.1. The molecule has 0 saturated carbocycles. The van der Waals surface area contributed by atoms with Gasteiger partial charge in [0.15, 0.2) is 5.82 Å². The lowest BCUT2D eigenvalue weighted by Crippen LogP contribution is -2.33. The summed E-state index contributed by atoms with van der Waals surface area (Å²) < 4.78 is 24.1. The van der Waals surface area contributed by atoms with Gasteiger partial charge >= 0.3 is 0 Å². The van der Waals surface area contributed by atoms with Crippen LogP contribution in [0.2, 0.25) is 0 Å². The van der Waals surface area contributed by atoms with Crippen LogP contribution in [0, 0.1) is 5.82 Å². The van der Waals surface area contributed by atoms with Crippen LogP contribution < -0.4 is 9.64 Å². The Bertz CT molecular complexity index is 630. The van der Waals surface area contributed by atoms with Gasteiger partial charge in [0, 0.05) is 19.7 Å². The minimum atomic E-state index is -0.438. The largest absolute Gasteiger partial charge is 0.497 e. The minimum Gasteiger partial charge on any atom is -0.497 e. The Morgan fingerprint density at radius 2 is 2.17 bits per heavy atom. The van der Waals surface area contributed by atoms with Crippen LogP contribution >= 0.6 is 0 Å². The van der Waals surface area contributed by atoms with Crippen LogP contribution in [0.5, 0.6) is 5.75 Å². The van der Waals surface area contributed by atoms with Crippen molar-refractivity contribution in [1.29, 1.82) is 0 Å². The van der Waals surface area contributed by atoms with Crippen molar-refractivity contribution < 1.29 is 13.9 Å². The molecule has 2 heterocycles. The Balaban J connectivity index is 1.79. The number of nitrogens with zero attached hydrogens (tertiary/aromatic N) is 3. The van der Waals surface area contributed by atoms with Crippen LogP contribution in [0.15, 0.2) is 36.7 Å². The molecule has 0 bridgehead atoms. The zero-order chi connectivity index (χ0) is 16.1. The Morgan fingerprint density at radius 3 is 2.87 bits per heavy atom. The fourth-order valence-electron chi connectivity index (χ4n) is 2.71. The summed E-state index contributed by atoms with van der Waals surface area (Å²) in [5.74, 6) is 0.872. The molecule has 1 unspecified atom stereocenters. The van der Waals surface area contributed by atoms with Crippen LogP contribution in [0.3, 0.4) is 0 Å². The van der Waals surface area contributed by atoms with Gasteiger partial charge in [-0.25, -0.2) is 14.4 Å². The fourth-order valence-corrected chi connectivity index (χ4v) is 2.71. The molecule has 1 aliphatic heterocycles. The first-order valence-corrected chi connectivity index (χ1v) is 7.71. The first-order valence-electron chi connectivity index (χ1n) is 7.71. The predicted molar refractivity (Wildman–Crippen MR) is 85.0 cm³/mol. The maximum Gasteiger partial charge on any atom is 0.225 e. The summed E-state index contributed by atoms with van der Waals surface area (Å²) in [7, 11) is 1.65. The monoisotopic (exact) mass is 317 g/mol. The van der Waals surface area contributed by atoms with Crippen molar-refractivity contribution in [3.63, 3.8) is 0 Å². The molecular weight excluding hydrogens is 297 g/mol. The molecule has 1 aromatic heterocycles. The summed E-state index contributed by atoms with van der Waals surface area (Å²) in [6.07, 6.45) is 4.64. The average Bonchev–Trinajstić information content (AvgIpc) is 3.08. The topological polar surface area (TPSA) is 47.5 Å². The summed E-state index contributed by atoms with van der Waals surface area (Å²) in [6, 6.07) is 7.85. The molecule has 0 aliphatic carbocycles.